The number of thiazole rings is 1. The van der Waals surface area contributed by atoms with E-state index in [2.05, 4.69) is 22.0 Å². The van der Waals surface area contributed by atoms with Crippen molar-refractivity contribution in [1.82, 2.24) is 14.3 Å². The second-order valence-corrected chi connectivity index (χ2v) is 7.13. The highest BCUT2D eigenvalue weighted by Gasteiger charge is 2.13. The van der Waals surface area contributed by atoms with Crippen molar-refractivity contribution in [3.05, 3.63) is 93.2 Å². The Morgan fingerprint density at radius 3 is 2.73 bits per heavy atom. The molecule has 0 radical (unpaired) electrons. The highest BCUT2D eigenvalue weighted by molar-refractivity contribution is 7.15. The number of hydrogen-bond acceptors (Lipinski definition) is 5. The standard InChI is InChI=1S/C20H19N3O2S/c1-15-14-26-20-21-17(10-19(24)23(15)20)12-22(13-18-8-5-9-25-18)11-16-6-3-2-4-7-16/h2-10,14H,11-13H2,1H3. The van der Waals surface area contributed by atoms with Gasteiger partial charge in [-0.25, -0.2) is 4.98 Å². The van der Waals surface area contributed by atoms with Crippen LogP contribution < -0.4 is 5.56 Å². The fourth-order valence-corrected chi connectivity index (χ4v) is 3.93. The van der Waals surface area contributed by atoms with Crippen LogP contribution in [0, 0.1) is 6.92 Å². The van der Waals surface area contributed by atoms with Crippen LogP contribution in [-0.4, -0.2) is 14.3 Å². The molecule has 6 heteroatoms. The van der Waals surface area contributed by atoms with Crippen LogP contribution in [0.25, 0.3) is 4.96 Å². The van der Waals surface area contributed by atoms with Gasteiger partial charge in [-0.2, -0.15) is 0 Å². The van der Waals surface area contributed by atoms with Crippen molar-refractivity contribution < 1.29 is 4.42 Å². The van der Waals surface area contributed by atoms with E-state index in [1.165, 1.54) is 16.9 Å². The van der Waals surface area contributed by atoms with Gasteiger partial charge in [0.05, 0.1) is 18.5 Å². The summed E-state index contributed by atoms with van der Waals surface area (Å²) in [6, 6.07) is 15.8. The molecule has 0 atom stereocenters. The average molecular weight is 365 g/mol. The van der Waals surface area contributed by atoms with E-state index in [1.807, 2.05) is 42.6 Å². The molecule has 0 saturated heterocycles. The SMILES string of the molecule is Cc1csc2nc(CN(Cc3ccccc3)Cc3ccco3)cc(=O)n12. The van der Waals surface area contributed by atoms with E-state index < -0.39 is 0 Å². The zero-order chi connectivity index (χ0) is 17.9. The van der Waals surface area contributed by atoms with Crippen LogP contribution >= 0.6 is 11.3 Å². The second-order valence-electron chi connectivity index (χ2n) is 6.29. The van der Waals surface area contributed by atoms with E-state index in [4.69, 9.17) is 4.42 Å². The number of aryl methyl sites for hydroxylation is 1. The minimum absolute atomic E-state index is 0.0265. The van der Waals surface area contributed by atoms with E-state index in [0.29, 0.717) is 13.1 Å². The summed E-state index contributed by atoms with van der Waals surface area (Å²) in [6.45, 7) is 3.92. The number of benzene rings is 1. The molecule has 4 aromatic rings. The van der Waals surface area contributed by atoms with Gasteiger partial charge >= 0.3 is 0 Å². The quantitative estimate of drug-likeness (QED) is 0.521. The van der Waals surface area contributed by atoms with Gasteiger partial charge in [-0.3, -0.25) is 14.1 Å². The maximum absolute atomic E-state index is 12.4. The number of aromatic nitrogens is 2. The molecule has 0 saturated carbocycles. The Morgan fingerprint density at radius 1 is 1.12 bits per heavy atom. The van der Waals surface area contributed by atoms with Gasteiger partial charge in [-0.05, 0) is 24.6 Å². The van der Waals surface area contributed by atoms with Crippen molar-refractivity contribution in [2.75, 3.05) is 0 Å². The Hall–Kier alpha value is -2.70. The summed E-state index contributed by atoms with van der Waals surface area (Å²) in [7, 11) is 0. The molecule has 4 rings (SSSR count). The molecule has 26 heavy (non-hydrogen) atoms. The largest absolute Gasteiger partial charge is 0.468 e. The molecule has 0 unspecified atom stereocenters. The van der Waals surface area contributed by atoms with Gasteiger partial charge in [-0.1, -0.05) is 30.3 Å². The van der Waals surface area contributed by atoms with Crippen molar-refractivity contribution in [1.29, 1.82) is 0 Å². The zero-order valence-corrected chi connectivity index (χ0v) is 15.3. The predicted molar refractivity (Wildman–Crippen MR) is 102 cm³/mol. The minimum atomic E-state index is -0.0265. The first-order valence-electron chi connectivity index (χ1n) is 8.44. The summed E-state index contributed by atoms with van der Waals surface area (Å²) in [5.74, 6) is 0.894. The maximum Gasteiger partial charge on any atom is 0.259 e. The molecule has 3 heterocycles. The third-order valence-electron chi connectivity index (χ3n) is 4.22. The number of fused-ring (bicyclic) bond motifs is 1. The molecule has 132 valence electrons. The Kier molecular flexibility index (Phi) is 4.69. The Labute approximate surface area is 155 Å². The van der Waals surface area contributed by atoms with E-state index in [-0.39, 0.29) is 5.56 Å². The Balaban J connectivity index is 1.62. The molecule has 0 N–H and O–H groups in total. The smallest absolute Gasteiger partial charge is 0.259 e. The van der Waals surface area contributed by atoms with Gasteiger partial charge in [0.1, 0.15) is 5.76 Å². The third kappa shape index (κ3) is 3.61. The minimum Gasteiger partial charge on any atom is -0.468 e. The molecule has 0 spiro atoms. The molecule has 3 aromatic heterocycles. The topological polar surface area (TPSA) is 50.8 Å². The molecule has 0 bridgehead atoms. The molecule has 0 aliphatic heterocycles. The average Bonchev–Trinajstić information content (AvgIpc) is 3.26. The summed E-state index contributed by atoms with van der Waals surface area (Å²) < 4.78 is 7.17. The highest BCUT2D eigenvalue weighted by Crippen LogP contribution is 2.16. The van der Waals surface area contributed by atoms with Gasteiger partial charge in [0.25, 0.3) is 5.56 Å². The second kappa shape index (κ2) is 7.27. The summed E-state index contributed by atoms with van der Waals surface area (Å²) in [5.41, 5.74) is 2.88. The summed E-state index contributed by atoms with van der Waals surface area (Å²) in [4.78, 5) is 20.1. The van der Waals surface area contributed by atoms with Gasteiger partial charge in [0.2, 0.25) is 0 Å². The molecule has 0 aliphatic carbocycles. The fourth-order valence-electron chi connectivity index (χ4n) is 3.04. The van der Waals surface area contributed by atoms with E-state index in [1.54, 1.807) is 16.7 Å². The van der Waals surface area contributed by atoms with Crippen molar-refractivity contribution in [3.63, 3.8) is 0 Å². The van der Waals surface area contributed by atoms with E-state index in [0.717, 1.165) is 28.7 Å². The van der Waals surface area contributed by atoms with Gasteiger partial charge in [0.15, 0.2) is 4.96 Å². The van der Waals surface area contributed by atoms with E-state index in [9.17, 15) is 4.79 Å². The summed E-state index contributed by atoms with van der Waals surface area (Å²) >= 11 is 1.49. The number of rotatable bonds is 6. The summed E-state index contributed by atoms with van der Waals surface area (Å²) in [6.07, 6.45) is 1.68. The molecule has 0 amide bonds. The molecule has 0 fully saturated rings. The lowest BCUT2D eigenvalue weighted by Gasteiger charge is -2.21. The number of nitrogens with zero attached hydrogens (tertiary/aromatic N) is 3. The molecule has 1 aromatic carbocycles. The first-order chi connectivity index (χ1) is 12.7. The lowest BCUT2D eigenvalue weighted by molar-refractivity contribution is 0.224. The summed E-state index contributed by atoms with van der Waals surface area (Å²) in [5, 5.41) is 1.96. The van der Waals surface area contributed by atoms with Crippen molar-refractivity contribution in [3.8, 4) is 0 Å². The maximum atomic E-state index is 12.4. The third-order valence-corrected chi connectivity index (χ3v) is 5.17. The monoisotopic (exact) mass is 365 g/mol. The fraction of sp³-hybridized carbons (Fsp3) is 0.200. The predicted octanol–water partition coefficient (Wildman–Crippen LogP) is 3.86. The number of furan rings is 1. The van der Waals surface area contributed by atoms with Crippen LogP contribution in [0.4, 0.5) is 0 Å². The molecular formula is C20H19N3O2S. The lowest BCUT2D eigenvalue weighted by atomic mass is 10.2. The van der Waals surface area contributed by atoms with Crippen LogP contribution in [0.3, 0.4) is 0 Å². The molecule has 0 aliphatic rings. The van der Waals surface area contributed by atoms with Gasteiger partial charge in [0, 0.05) is 30.2 Å². The number of hydrogen-bond donors (Lipinski definition) is 0. The van der Waals surface area contributed by atoms with Gasteiger partial charge < -0.3 is 4.42 Å². The lowest BCUT2D eigenvalue weighted by Crippen LogP contribution is -2.24. The van der Waals surface area contributed by atoms with Crippen molar-refractivity contribution in [2.24, 2.45) is 0 Å². The van der Waals surface area contributed by atoms with Crippen molar-refractivity contribution in [2.45, 2.75) is 26.6 Å². The van der Waals surface area contributed by atoms with Crippen molar-refractivity contribution >= 4 is 16.3 Å². The first-order valence-corrected chi connectivity index (χ1v) is 9.32. The normalized spacial score (nSPS) is 11.5. The molecular weight excluding hydrogens is 346 g/mol. The van der Waals surface area contributed by atoms with E-state index >= 15 is 0 Å². The first kappa shape index (κ1) is 16.8. The van der Waals surface area contributed by atoms with Crippen LogP contribution in [0.2, 0.25) is 0 Å². The zero-order valence-electron chi connectivity index (χ0n) is 14.5. The van der Waals surface area contributed by atoms with Crippen LogP contribution in [0.1, 0.15) is 22.7 Å². The van der Waals surface area contributed by atoms with Crippen LogP contribution in [0.5, 0.6) is 0 Å². The Bertz CT molecular complexity index is 1050. The van der Waals surface area contributed by atoms with Crippen LogP contribution in [-0.2, 0) is 19.6 Å². The highest BCUT2D eigenvalue weighted by atomic mass is 32.1. The Morgan fingerprint density at radius 2 is 1.96 bits per heavy atom. The van der Waals surface area contributed by atoms with Gasteiger partial charge in [-0.15, -0.1) is 11.3 Å². The van der Waals surface area contributed by atoms with Crippen LogP contribution in [0.15, 0.2) is 69.4 Å². The molecule has 5 nitrogen and oxygen atoms in total.